The lowest BCUT2D eigenvalue weighted by Crippen LogP contribution is -2.10. The number of esters is 1. The van der Waals surface area contributed by atoms with E-state index in [-0.39, 0.29) is 5.97 Å². The van der Waals surface area contributed by atoms with Crippen LogP contribution >= 0.6 is 0 Å². The first kappa shape index (κ1) is 24.4. The minimum atomic E-state index is -0.357. The number of nitrogens with zero attached hydrogens (tertiary/aromatic N) is 1. The molecule has 0 aromatic heterocycles. The van der Waals surface area contributed by atoms with E-state index in [0.29, 0.717) is 12.2 Å². The van der Waals surface area contributed by atoms with Crippen LogP contribution in [-0.2, 0) is 9.53 Å². The number of unbranched alkanes of at least 4 members (excludes halogenated alkanes) is 1. The summed E-state index contributed by atoms with van der Waals surface area (Å²) in [6.07, 6.45) is 7.08. The Morgan fingerprint density at radius 2 is 1.67 bits per heavy atom. The number of carbonyl (C=O) groups is 1. The maximum atomic E-state index is 12.4. The molecule has 0 saturated heterocycles. The van der Waals surface area contributed by atoms with Gasteiger partial charge in [-0.2, -0.15) is 5.26 Å². The monoisotopic (exact) mass is 399 g/mol. The predicted molar refractivity (Wildman–Crippen MR) is 125 cm³/mol. The van der Waals surface area contributed by atoms with Crippen LogP contribution in [0.5, 0.6) is 0 Å². The van der Waals surface area contributed by atoms with Crippen molar-refractivity contribution in [2.45, 2.75) is 26.7 Å². The first-order valence-electron chi connectivity index (χ1n) is 9.91. The number of ether oxygens (including phenoxy) is 1. The highest BCUT2D eigenvalue weighted by molar-refractivity contribution is 6.06. The molecule has 0 spiro atoms. The number of nitriles is 1. The van der Waals surface area contributed by atoms with Crippen molar-refractivity contribution in [1.82, 2.24) is 0 Å². The van der Waals surface area contributed by atoms with Crippen molar-refractivity contribution in [3.63, 3.8) is 0 Å². The maximum absolute atomic E-state index is 12.4. The molecule has 0 radical (unpaired) electrons. The Hall–Kier alpha value is -3.64. The second kappa shape index (κ2) is 14.4. The highest BCUT2D eigenvalue weighted by Gasteiger charge is 2.17. The summed E-state index contributed by atoms with van der Waals surface area (Å²) >= 11 is 0. The Balaban J connectivity index is 0.00000103. The fourth-order valence-corrected chi connectivity index (χ4v) is 2.61. The van der Waals surface area contributed by atoms with E-state index in [0.717, 1.165) is 35.1 Å². The molecule has 30 heavy (non-hydrogen) atoms. The predicted octanol–water partition coefficient (Wildman–Crippen LogP) is 6.77. The van der Waals surface area contributed by atoms with Gasteiger partial charge in [0.25, 0.3) is 0 Å². The lowest BCUT2D eigenvalue weighted by atomic mass is 9.94. The van der Waals surface area contributed by atoms with E-state index in [9.17, 15) is 4.79 Å². The minimum Gasteiger partial charge on any atom is -0.462 e. The molecule has 0 aliphatic rings. The highest BCUT2D eigenvalue weighted by atomic mass is 16.5. The number of rotatable bonds is 8. The van der Waals surface area contributed by atoms with E-state index in [2.05, 4.69) is 20.1 Å². The number of benzene rings is 2. The first-order valence-corrected chi connectivity index (χ1v) is 9.91. The zero-order valence-corrected chi connectivity index (χ0v) is 17.8. The quantitative estimate of drug-likeness (QED) is 0.162. The van der Waals surface area contributed by atoms with Gasteiger partial charge < -0.3 is 4.74 Å². The van der Waals surface area contributed by atoms with Gasteiger partial charge in [0.05, 0.1) is 18.2 Å². The first-order chi connectivity index (χ1) is 14.5. The summed E-state index contributed by atoms with van der Waals surface area (Å²) in [5.74, 6) is -0.357. The molecule has 0 amide bonds. The third-order valence-corrected chi connectivity index (χ3v) is 4.15. The fraction of sp³-hybridized carbons (Fsp3) is 0.185. The molecule has 0 N–H and O–H groups in total. The highest BCUT2D eigenvalue weighted by Crippen LogP contribution is 2.27. The molecule has 3 nitrogen and oxygen atoms in total. The number of carbonyl (C=O) groups excluding carboxylic acids is 1. The SMILES string of the molecule is C=C(C(=O)OCCCC)C(=C(C)C=Cc1ccccc1)c1ccccc1.C=CC#N. The van der Waals surface area contributed by atoms with Crippen molar-refractivity contribution < 1.29 is 9.53 Å². The molecule has 154 valence electrons. The molecule has 0 heterocycles. The smallest absolute Gasteiger partial charge is 0.338 e. The zero-order valence-electron chi connectivity index (χ0n) is 17.8. The number of allylic oxidation sites excluding steroid dienone is 3. The van der Waals surface area contributed by atoms with Gasteiger partial charge in [-0.15, -0.1) is 0 Å². The van der Waals surface area contributed by atoms with Gasteiger partial charge in [-0.3, -0.25) is 0 Å². The number of hydrogen-bond donors (Lipinski definition) is 0. The summed E-state index contributed by atoms with van der Waals surface area (Å²) in [7, 11) is 0. The summed E-state index contributed by atoms with van der Waals surface area (Å²) in [5.41, 5.74) is 4.25. The Morgan fingerprint density at radius 3 is 2.20 bits per heavy atom. The Labute approximate surface area is 180 Å². The van der Waals surface area contributed by atoms with Crippen LogP contribution in [0.1, 0.15) is 37.8 Å². The van der Waals surface area contributed by atoms with Gasteiger partial charge in [0.15, 0.2) is 0 Å². The van der Waals surface area contributed by atoms with Crippen LogP contribution in [-0.4, -0.2) is 12.6 Å². The molecule has 0 saturated carbocycles. The lowest BCUT2D eigenvalue weighted by molar-refractivity contribution is -0.138. The summed E-state index contributed by atoms with van der Waals surface area (Å²) in [6.45, 7) is 11.6. The zero-order chi connectivity index (χ0) is 22.2. The third-order valence-electron chi connectivity index (χ3n) is 4.15. The average molecular weight is 400 g/mol. The van der Waals surface area contributed by atoms with Crippen molar-refractivity contribution in [1.29, 1.82) is 5.26 Å². The van der Waals surface area contributed by atoms with E-state index in [4.69, 9.17) is 10.00 Å². The molecular weight excluding hydrogens is 370 g/mol. The van der Waals surface area contributed by atoms with Crippen LogP contribution in [0.3, 0.4) is 0 Å². The molecule has 0 aliphatic heterocycles. The van der Waals surface area contributed by atoms with E-state index in [1.54, 1.807) is 6.07 Å². The molecule has 2 aromatic rings. The molecule has 0 unspecified atom stereocenters. The summed E-state index contributed by atoms with van der Waals surface area (Å²) in [4.78, 5) is 12.4. The van der Waals surface area contributed by atoms with Crippen LogP contribution in [0.2, 0.25) is 0 Å². The summed E-state index contributed by atoms with van der Waals surface area (Å²) in [6, 6.07) is 21.6. The fourth-order valence-electron chi connectivity index (χ4n) is 2.61. The summed E-state index contributed by atoms with van der Waals surface area (Å²) < 4.78 is 5.36. The normalized spacial score (nSPS) is 10.8. The molecule has 3 heteroatoms. The van der Waals surface area contributed by atoms with Crippen molar-refractivity contribution in [2.75, 3.05) is 6.61 Å². The molecule has 0 atom stereocenters. The van der Waals surface area contributed by atoms with E-state index >= 15 is 0 Å². The molecule has 2 rings (SSSR count). The van der Waals surface area contributed by atoms with Gasteiger partial charge in [-0.1, -0.05) is 99.3 Å². The second-order valence-corrected chi connectivity index (χ2v) is 6.47. The molecule has 0 aliphatic carbocycles. The van der Waals surface area contributed by atoms with Crippen LogP contribution in [0.25, 0.3) is 11.6 Å². The van der Waals surface area contributed by atoms with Crippen molar-refractivity contribution in [3.8, 4) is 6.07 Å². The maximum Gasteiger partial charge on any atom is 0.338 e. The third kappa shape index (κ3) is 8.58. The molecule has 0 fully saturated rings. The van der Waals surface area contributed by atoms with E-state index in [1.807, 2.05) is 79.7 Å². The topological polar surface area (TPSA) is 50.1 Å². The largest absolute Gasteiger partial charge is 0.462 e. The second-order valence-electron chi connectivity index (χ2n) is 6.47. The van der Waals surface area contributed by atoms with Gasteiger partial charge in [-0.25, -0.2) is 4.79 Å². The van der Waals surface area contributed by atoms with Crippen LogP contribution < -0.4 is 0 Å². The summed E-state index contributed by atoms with van der Waals surface area (Å²) in [5, 5.41) is 7.51. The van der Waals surface area contributed by atoms with Crippen LogP contribution in [0, 0.1) is 11.3 Å². The van der Waals surface area contributed by atoms with Crippen LogP contribution in [0.4, 0.5) is 0 Å². The average Bonchev–Trinajstić information content (AvgIpc) is 2.79. The lowest BCUT2D eigenvalue weighted by Gasteiger charge is -2.13. The number of hydrogen-bond acceptors (Lipinski definition) is 3. The van der Waals surface area contributed by atoms with Crippen LogP contribution in [0.15, 0.2) is 97.1 Å². The molecule has 2 aromatic carbocycles. The van der Waals surface area contributed by atoms with Crippen molar-refractivity contribution >= 4 is 17.6 Å². The van der Waals surface area contributed by atoms with E-state index < -0.39 is 0 Å². The minimum absolute atomic E-state index is 0.357. The van der Waals surface area contributed by atoms with Gasteiger partial charge in [-0.05, 0) is 35.6 Å². The molecular formula is C27H29NO2. The standard InChI is InChI=1S/C24H26O2.C3H3N/c1-4-5-18-26-24(25)20(3)23(22-14-10-7-11-15-22)19(2)16-17-21-12-8-6-9-13-21;1-2-3-4/h6-17H,3-5,18H2,1-2H3;2H,1H2. The van der Waals surface area contributed by atoms with E-state index in [1.165, 1.54) is 6.08 Å². The Kier molecular flexibility index (Phi) is 11.7. The van der Waals surface area contributed by atoms with Gasteiger partial charge >= 0.3 is 5.97 Å². The van der Waals surface area contributed by atoms with Gasteiger partial charge in [0.2, 0.25) is 0 Å². The Morgan fingerprint density at radius 1 is 1.10 bits per heavy atom. The van der Waals surface area contributed by atoms with Crippen molar-refractivity contribution in [3.05, 3.63) is 108 Å². The van der Waals surface area contributed by atoms with Crippen molar-refractivity contribution in [2.24, 2.45) is 0 Å². The van der Waals surface area contributed by atoms with Gasteiger partial charge in [0, 0.05) is 6.08 Å². The van der Waals surface area contributed by atoms with Gasteiger partial charge in [0.1, 0.15) is 0 Å². The Bertz CT molecular complexity index is 916. The molecule has 0 bridgehead atoms.